The number of likely N-dealkylation sites (N-methyl/N-ethyl adjacent to an activating group) is 1. The van der Waals surface area contributed by atoms with Crippen molar-refractivity contribution in [2.75, 3.05) is 44.9 Å². The smallest absolute Gasteiger partial charge is 0.251 e. The summed E-state index contributed by atoms with van der Waals surface area (Å²) in [4.78, 5) is 29.6. The number of aliphatic hydroxyl groups excluding tert-OH is 1. The van der Waals surface area contributed by atoms with E-state index in [1.165, 1.54) is 0 Å². The van der Waals surface area contributed by atoms with E-state index >= 15 is 0 Å². The Balaban J connectivity index is 1.32. The number of rotatable bonds is 12. The molecule has 0 aliphatic carbocycles. The summed E-state index contributed by atoms with van der Waals surface area (Å²) in [5.74, 6) is 0.703. The van der Waals surface area contributed by atoms with E-state index in [1.54, 1.807) is 13.3 Å². The van der Waals surface area contributed by atoms with Crippen LogP contribution in [0.1, 0.15) is 47.4 Å². The van der Waals surface area contributed by atoms with Gasteiger partial charge in [-0.3, -0.25) is 9.78 Å². The molecule has 1 saturated heterocycles. The number of methoxy groups -OCH3 is 1. The Morgan fingerprint density at radius 3 is 2.67 bits per heavy atom. The molecular weight excluding hydrogens is 530 g/mol. The van der Waals surface area contributed by atoms with Gasteiger partial charge in [0.1, 0.15) is 5.82 Å². The molecule has 0 saturated carbocycles. The third-order valence-corrected chi connectivity index (χ3v) is 8.06. The number of aliphatic hydroxyl groups is 1. The molecule has 1 aliphatic rings. The Kier molecular flexibility index (Phi) is 9.11. The summed E-state index contributed by atoms with van der Waals surface area (Å²) in [6.45, 7) is 9.20. The van der Waals surface area contributed by atoms with E-state index in [1.807, 2.05) is 68.4 Å². The number of pyridine rings is 3. The van der Waals surface area contributed by atoms with Crippen molar-refractivity contribution in [3.63, 3.8) is 0 Å². The van der Waals surface area contributed by atoms with Crippen molar-refractivity contribution in [1.29, 1.82) is 0 Å². The molecule has 9 heteroatoms. The van der Waals surface area contributed by atoms with Crippen LogP contribution in [0.5, 0.6) is 0 Å². The van der Waals surface area contributed by atoms with Crippen LogP contribution in [0.2, 0.25) is 0 Å². The van der Waals surface area contributed by atoms with Crippen molar-refractivity contribution >= 4 is 22.6 Å². The standard InChI is InChI=1S/C33H39N5O4/c1-5-38(19-23(3)41-4)31-8-6-7-28(37-31)29-12-11-25-17-34-26(16-30(25)36-29)18-35-32(40)24-10-9-22(2)27(15-24)33(13-14-39)20-42-21-33/h6-12,15-17,23,39H,5,13-14,18-21H2,1-4H3,(H,35,40). The van der Waals surface area contributed by atoms with Gasteiger partial charge in [0.25, 0.3) is 5.91 Å². The molecule has 4 heterocycles. The van der Waals surface area contributed by atoms with Gasteiger partial charge in [-0.2, -0.15) is 0 Å². The largest absolute Gasteiger partial charge is 0.396 e. The van der Waals surface area contributed by atoms with Crippen LogP contribution in [0.3, 0.4) is 0 Å². The van der Waals surface area contributed by atoms with Crippen LogP contribution in [0, 0.1) is 6.92 Å². The van der Waals surface area contributed by atoms with E-state index < -0.39 is 0 Å². The number of nitrogens with one attached hydrogen (secondary N) is 1. The van der Waals surface area contributed by atoms with E-state index in [4.69, 9.17) is 19.4 Å². The first-order chi connectivity index (χ1) is 20.4. The fourth-order valence-corrected chi connectivity index (χ4v) is 5.41. The Morgan fingerprint density at radius 1 is 1.14 bits per heavy atom. The Hall–Kier alpha value is -3.92. The third kappa shape index (κ3) is 6.28. The molecule has 0 bridgehead atoms. The zero-order valence-electron chi connectivity index (χ0n) is 24.8. The fourth-order valence-electron chi connectivity index (χ4n) is 5.41. The van der Waals surface area contributed by atoms with Crippen LogP contribution in [-0.2, 0) is 21.4 Å². The van der Waals surface area contributed by atoms with Gasteiger partial charge in [-0.25, -0.2) is 9.97 Å². The summed E-state index contributed by atoms with van der Waals surface area (Å²) in [6, 6.07) is 17.5. The second-order valence-corrected chi connectivity index (χ2v) is 11.0. The lowest BCUT2D eigenvalue weighted by atomic mass is 9.74. The van der Waals surface area contributed by atoms with Crippen molar-refractivity contribution in [1.82, 2.24) is 20.3 Å². The summed E-state index contributed by atoms with van der Waals surface area (Å²) in [5, 5.41) is 13.5. The molecule has 1 aromatic carbocycles. The first-order valence-electron chi connectivity index (χ1n) is 14.4. The molecule has 1 unspecified atom stereocenters. The molecule has 0 radical (unpaired) electrons. The minimum absolute atomic E-state index is 0.0783. The van der Waals surface area contributed by atoms with E-state index in [0.717, 1.165) is 52.3 Å². The first-order valence-corrected chi connectivity index (χ1v) is 14.4. The zero-order chi connectivity index (χ0) is 29.7. The van der Waals surface area contributed by atoms with Crippen molar-refractivity contribution < 1.29 is 19.4 Å². The monoisotopic (exact) mass is 569 g/mol. The molecule has 4 aromatic rings. The first kappa shape index (κ1) is 29.6. The number of ether oxygens (including phenoxy) is 2. The van der Waals surface area contributed by atoms with E-state index in [2.05, 4.69) is 22.1 Å². The molecule has 3 aromatic heterocycles. The lowest BCUT2D eigenvalue weighted by Gasteiger charge is -2.42. The zero-order valence-corrected chi connectivity index (χ0v) is 24.8. The van der Waals surface area contributed by atoms with E-state index in [0.29, 0.717) is 30.9 Å². The predicted octanol–water partition coefficient (Wildman–Crippen LogP) is 4.44. The number of aromatic nitrogens is 3. The maximum absolute atomic E-state index is 13.1. The van der Waals surface area contributed by atoms with Gasteiger partial charge in [0.2, 0.25) is 0 Å². The van der Waals surface area contributed by atoms with Gasteiger partial charge in [0, 0.05) is 49.4 Å². The summed E-state index contributed by atoms with van der Waals surface area (Å²) in [6.07, 6.45) is 2.48. The molecular formula is C33H39N5O4. The van der Waals surface area contributed by atoms with Crippen molar-refractivity contribution in [2.24, 2.45) is 0 Å². The van der Waals surface area contributed by atoms with Gasteiger partial charge in [0.15, 0.2) is 0 Å². The average Bonchev–Trinajstić information content (AvgIpc) is 3.00. The number of fused-ring (bicyclic) bond motifs is 1. The number of aryl methyl sites for hydroxylation is 1. The highest BCUT2D eigenvalue weighted by Crippen LogP contribution is 2.38. The maximum atomic E-state index is 13.1. The lowest BCUT2D eigenvalue weighted by molar-refractivity contribution is -0.0703. The molecule has 5 rings (SSSR count). The van der Waals surface area contributed by atoms with Crippen LogP contribution in [0.15, 0.2) is 60.8 Å². The van der Waals surface area contributed by atoms with Crippen LogP contribution in [-0.4, -0.2) is 72.1 Å². The number of carbonyl (C=O) groups is 1. The quantitative estimate of drug-likeness (QED) is 0.258. The van der Waals surface area contributed by atoms with Crippen molar-refractivity contribution in [3.8, 4) is 11.4 Å². The second-order valence-electron chi connectivity index (χ2n) is 11.0. The van der Waals surface area contributed by atoms with Gasteiger partial charge in [0.05, 0.1) is 48.5 Å². The highest BCUT2D eigenvalue weighted by molar-refractivity contribution is 5.94. The van der Waals surface area contributed by atoms with Gasteiger partial charge < -0.3 is 24.8 Å². The van der Waals surface area contributed by atoms with E-state index in [9.17, 15) is 9.90 Å². The normalized spacial score (nSPS) is 14.8. The molecule has 2 N–H and O–H groups in total. The lowest BCUT2D eigenvalue weighted by Crippen LogP contribution is -2.48. The molecule has 1 amide bonds. The molecule has 220 valence electrons. The number of benzene rings is 1. The average molecular weight is 570 g/mol. The molecule has 0 spiro atoms. The molecule has 42 heavy (non-hydrogen) atoms. The molecule has 9 nitrogen and oxygen atoms in total. The van der Waals surface area contributed by atoms with Crippen molar-refractivity contribution in [3.05, 3.63) is 83.2 Å². The number of nitrogens with zero attached hydrogens (tertiary/aromatic N) is 4. The highest BCUT2D eigenvalue weighted by atomic mass is 16.5. The SMILES string of the molecule is CCN(CC(C)OC)c1cccc(-c2ccc3cnc(CNC(=O)c4ccc(C)c(C5(CCO)COC5)c4)cc3n2)n1. The van der Waals surface area contributed by atoms with Crippen LogP contribution in [0.4, 0.5) is 5.82 Å². The van der Waals surface area contributed by atoms with Crippen LogP contribution in [0.25, 0.3) is 22.3 Å². The van der Waals surface area contributed by atoms with Crippen LogP contribution < -0.4 is 10.2 Å². The molecule has 1 aliphatic heterocycles. The third-order valence-electron chi connectivity index (χ3n) is 8.06. The number of hydrogen-bond acceptors (Lipinski definition) is 8. The minimum Gasteiger partial charge on any atom is -0.396 e. The summed E-state index contributed by atoms with van der Waals surface area (Å²) < 4.78 is 10.9. The Bertz CT molecular complexity index is 1560. The van der Waals surface area contributed by atoms with Gasteiger partial charge in [-0.05, 0) is 80.8 Å². The molecule has 1 atom stereocenters. The van der Waals surface area contributed by atoms with Gasteiger partial charge in [-0.1, -0.05) is 12.1 Å². The number of anilines is 1. The minimum atomic E-state index is -0.232. The highest BCUT2D eigenvalue weighted by Gasteiger charge is 2.41. The van der Waals surface area contributed by atoms with Gasteiger partial charge in [-0.15, -0.1) is 0 Å². The summed E-state index contributed by atoms with van der Waals surface area (Å²) >= 11 is 0. The summed E-state index contributed by atoms with van der Waals surface area (Å²) in [7, 11) is 1.72. The maximum Gasteiger partial charge on any atom is 0.251 e. The Morgan fingerprint density at radius 2 is 1.95 bits per heavy atom. The second kappa shape index (κ2) is 12.9. The summed E-state index contributed by atoms with van der Waals surface area (Å²) in [5.41, 5.74) is 5.55. The van der Waals surface area contributed by atoms with E-state index in [-0.39, 0.29) is 30.6 Å². The van der Waals surface area contributed by atoms with Crippen molar-refractivity contribution in [2.45, 2.75) is 45.3 Å². The topological polar surface area (TPSA) is 110 Å². The number of carbonyl (C=O) groups excluding carboxylic acids is 1. The molecule has 1 fully saturated rings. The number of hydrogen-bond donors (Lipinski definition) is 2. The van der Waals surface area contributed by atoms with Gasteiger partial charge >= 0.3 is 0 Å². The fraction of sp³-hybridized carbons (Fsp3) is 0.394. The predicted molar refractivity (Wildman–Crippen MR) is 164 cm³/mol. The number of amides is 1. The van der Waals surface area contributed by atoms with Crippen LogP contribution >= 0.6 is 0 Å². The Labute approximate surface area is 246 Å².